The summed E-state index contributed by atoms with van der Waals surface area (Å²) in [4.78, 5) is 12.4. The molecule has 1 aromatic carbocycles. The smallest absolute Gasteiger partial charge is 0.406 e. The third-order valence-electron chi connectivity index (χ3n) is 5.56. The van der Waals surface area contributed by atoms with Gasteiger partial charge in [0.1, 0.15) is 5.75 Å². The first-order chi connectivity index (χ1) is 11.9. The van der Waals surface area contributed by atoms with Gasteiger partial charge in [-0.05, 0) is 56.7 Å². The van der Waals surface area contributed by atoms with Gasteiger partial charge in [0, 0.05) is 11.1 Å². The Balaban J connectivity index is 1.69. The molecule has 3 nitrogen and oxygen atoms in total. The Kier molecular flexibility index (Phi) is 4.39. The molecular weight excluding hydrogens is 364 g/mol. The molecule has 3 saturated carbocycles. The molecule has 1 N–H and O–H groups in total. The Morgan fingerprint density at radius 2 is 1.54 bits per heavy atom. The lowest BCUT2D eigenvalue weighted by Gasteiger charge is -2.53. The number of hydrogen-bond acceptors (Lipinski definition) is 2. The minimum atomic E-state index is -4.87. The third-order valence-corrected chi connectivity index (χ3v) is 5.56. The normalized spacial score (nSPS) is 28.7. The molecule has 3 aliphatic rings. The van der Waals surface area contributed by atoms with Crippen LogP contribution in [0.25, 0.3) is 0 Å². The van der Waals surface area contributed by atoms with Gasteiger partial charge in [-0.2, -0.15) is 13.2 Å². The molecule has 2 bridgehead atoms. The first-order valence-corrected chi connectivity index (χ1v) is 8.19. The van der Waals surface area contributed by atoms with Crippen LogP contribution in [0.2, 0.25) is 0 Å². The van der Waals surface area contributed by atoms with E-state index in [1.807, 2.05) is 0 Å². The molecule has 144 valence electrons. The summed E-state index contributed by atoms with van der Waals surface area (Å²) in [7, 11) is 0. The number of benzene rings is 1. The summed E-state index contributed by atoms with van der Waals surface area (Å²) in [5.74, 6) is -1.13. The van der Waals surface area contributed by atoms with Crippen LogP contribution >= 0.6 is 0 Å². The van der Waals surface area contributed by atoms with Crippen LogP contribution in [-0.4, -0.2) is 24.0 Å². The SMILES string of the molecule is O=C(NC12CCC(C(F)(F)F)(CC1)CC2)c1cccc(OC(F)(F)F)c1. The molecule has 4 rings (SSSR count). The van der Waals surface area contributed by atoms with E-state index in [1.165, 1.54) is 12.1 Å². The van der Waals surface area contributed by atoms with Crippen molar-refractivity contribution in [2.45, 2.75) is 56.6 Å². The van der Waals surface area contributed by atoms with Gasteiger partial charge >= 0.3 is 12.5 Å². The number of rotatable bonds is 3. The molecular formula is C17H17F6NO2. The van der Waals surface area contributed by atoms with Crippen molar-refractivity contribution >= 4 is 5.91 Å². The fraction of sp³-hybridized carbons (Fsp3) is 0.588. The van der Waals surface area contributed by atoms with E-state index in [2.05, 4.69) is 10.1 Å². The van der Waals surface area contributed by atoms with E-state index in [0.717, 1.165) is 12.1 Å². The molecule has 0 aromatic heterocycles. The molecule has 0 unspecified atom stereocenters. The topological polar surface area (TPSA) is 38.3 Å². The van der Waals surface area contributed by atoms with Crippen LogP contribution in [0, 0.1) is 5.41 Å². The van der Waals surface area contributed by atoms with Crippen molar-refractivity contribution in [3.63, 3.8) is 0 Å². The van der Waals surface area contributed by atoms with E-state index in [-0.39, 0.29) is 44.1 Å². The van der Waals surface area contributed by atoms with Gasteiger partial charge in [0.15, 0.2) is 0 Å². The van der Waals surface area contributed by atoms with Crippen LogP contribution in [0.5, 0.6) is 5.75 Å². The molecule has 3 aliphatic carbocycles. The van der Waals surface area contributed by atoms with E-state index in [4.69, 9.17) is 0 Å². The third kappa shape index (κ3) is 3.61. The predicted octanol–water partition coefficient (Wildman–Crippen LogP) is 4.97. The summed E-state index contributed by atoms with van der Waals surface area (Å²) in [6.45, 7) is 0. The lowest BCUT2D eigenvalue weighted by Crippen LogP contribution is -2.59. The first kappa shape index (κ1) is 18.8. The zero-order chi connectivity index (χ0) is 19.2. The predicted molar refractivity (Wildman–Crippen MR) is 79.5 cm³/mol. The second kappa shape index (κ2) is 6.06. The summed E-state index contributed by atoms with van der Waals surface area (Å²) in [5.41, 5.74) is -2.43. The number of carbonyl (C=O) groups is 1. The zero-order valence-corrected chi connectivity index (χ0v) is 13.6. The second-order valence-corrected chi connectivity index (χ2v) is 7.09. The highest BCUT2D eigenvalue weighted by Gasteiger charge is 2.61. The standard InChI is InChI=1S/C17H17F6NO2/c18-16(19,20)14-4-7-15(8-5-14,9-6-14)24-13(25)11-2-1-3-12(10-11)26-17(21,22)23/h1-3,10H,4-9H2,(H,24,25). The Hall–Kier alpha value is -1.93. The van der Waals surface area contributed by atoms with Gasteiger partial charge in [-0.3, -0.25) is 4.79 Å². The quantitative estimate of drug-likeness (QED) is 0.751. The van der Waals surface area contributed by atoms with E-state index in [0.29, 0.717) is 0 Å². The van der Waals surface area contributed by atoms with Crippen molar-refractivity contribution in [1.29, 1.82) is 0 Å². The van der Waals surface area contributed by atoms with Gasteiger partial charge in [0.25, 0.3) is 5.91 Å². The van der Waals surface area contributed by atoms with Gasteiger partial charge in [0.2, 0.25) is 0 Å². The highest BCUT2D eigenvalue weighted by molar-refractivity contribution is 5.95. The lowest BCUT2D eigenvalue weighted by molar-refractivity contribution is -0.274. The summed E-state index contributed by atoms with van der Waals surface area (Å²) in [6, 6.07) is 4.62. The number of amides is 1. The van der Waals surface area contributed by atoms with Crippen molar-refractivity contribution in [3.8, 4) is 5.75 Å². The molecule has 1 aromatic rings. The largest absolute Gasteiger partial charge is 0.573 e. The van der Waals surface area contributed by atoms with Gasteiger partial charge in [0.05, 0.1) is 5.41 Å². The molecule has 1 amide bonds. The van der Waals surface area contributed by atoms with Crippen molar-refractivity contribution < 1.29 is 35.9 Å². The Bertz CT molecular complexity index is 673. The van der Waals surface area contributed by atoms with Crippen LogP contribution < -0.4 is 10.1 Å². The van der Waals surface area contributed by atoms with Crippen molar-refractivity contribution in [2.75, 3.05) is 0 Å². The highest BCUT2D eigenvalue weighted by Crippen LogP contribution is 2.59. The van der Waals surface area contributed by atoms with Gasteiger partial charge in [-0.1, -0.05) is 6.07 Å². The van der Waals surface area contributed by atoms with Gasteiger partial charge < -0.3 is 10.1 Å². The van der Waals surface area contributed by atoms with E-state index >= 15 is 0 Å². The van der Waals surface area contributed by atoms with Crippen LogP contribution in [-0.2, 0) is 0 Å². The van der Waals surface area contributed by atoms with Crippen molar-refractivity contribution in [2.24, 2.45) is 5.41 Å². The highest BCUT2D eigenvalue weighted by atomic mass is 19.4. The van der Waals surface area contributed by atoms with Crippen LogP contribution in [0.15, 0.2) is 24.3 Å². The maximum atomic E-state index is 13.3. The fourth-order valence-electron chi connectivity index (χ4n) is 3.95. The molecule has 0 aliphatic heterocycles. The molecule has 3 fully saturated rings. The zero-order valence-electron chi connectivity index (χ0n) is 13.6. The van der Waals surface area contributed by atoms with Crippen molar-refractivity contribution in [1.82, 2.24) is 5.32 Å². The molecule has 9 heteroatoms. The number of ether oxygens (including phenoxy) is 1. The molecule has 0 spiro atoms. The Morgan fingerprint density at radius 1 is 0.962 bits per heavy atom. The summed E-state index contributed by atoms with van der Waals surface area (Å²) in [5, 5.41) is 2.75. The maximum Gasteiger partial charge on any atom is 0.573 e. The van der Waals surface area contributed by atoms with Crippen LogP contribution in [0.4, 0.5) is 26.3 Å². The Morgan fingerprint density at radius 3 is 2.04 bits per heavy atom. The number of nitrogens with one attached hydrogen (secondary N) is 1. The molecule has 0 saturated heterocycles. The van der Waals surface area contributed by atoms with Crippen molar-refractivity contribution in [3.05, 3.63) is 29.8 Å². The number of hydrogen-bond donors (Lipinski definition) is 1. The number of fused-ring (bicyclic) bond motifs is 3. The molecule has 26 heavy (non-hydrogen) atoms. The molecule has 0 radical (unpaired) electrons. The average molecular weight is 381 g/mol. The second-order valence-electron chi connectivity index (χ2n) is 7.09. The first-order valence-electron chi connectivity index (χ1n) is 8.19. The maximum absolute atomic E-state index is 13.3. The summed E-state index contributed by atoms with van der Waals surface area (Å²) >= 11 is 0. The minimum Gasteiger partial charge on any atom is -0.406 e. The van der Waals surface area contributed by atoms with Crippen LogP contribution in [0.1, 0.15) is 48.9 Å². The fourth-order valence-corrected chi connectivity index (χ4v) is 3.95. The monoisotopic (exact) mass is 381 g/mol. The number of halogens is 6. The lowest BCUT2D eigenvalue weighted by atomic mass is 9.57. The minimum absolute atomic E-state index is 0.0284. The number of carbonyl (C=O) groups excluding carboxylic acids is 1. The van der Waals surface area contributed by atoms with E-state index in [1.54, 1.807) is 0 Å². The van der Waals surface area contributed by atoms with E-state index in [9.17, 15) is 31.1 Å². The van der Waals surface area contributed by atoms with E-state index < -0.39 is 35.1 Å². The van der Waals surface area contributed by atoms with Gasteiger partial charge in [-0.25, -0.2) is 0 Å². The average Bonchev–Trinajstić information content (AvgIpc) is 2.54. The van der Waals surface area contributed by atoms with Crippen LogP contribution in [0.3, 0.4) is 0 Å². The summed E-state index contributed by atoms with van der Waals surface area (Å²) in [6.07, 6.45) is -8.66. The molecule has 0 atom stereocenters. The Labute approximate surface area is 145 Å². The number of alkyl halides is 6. The molecule has 0 heterocycles. The van der Waals surface area contributed by atoms with Gasteiger partial charge in [-0.15, -0.1) is 13.2 Å². The summed E-state index contributed by atoms with van der Waals surface area (Å²) < 4.78 is 80.4.